The zero-order chi connectivity index (χ0) is 16.1. The van der Waals surface area contributed by atoms with Crippen molar-refractivity contribution < 1.29 is 19.4 Å². The van der Waals surface area contributed by atoms with Gasteiger partial charge in [-0.1, -0.05) is 23.7 Å². The molecule has 1 amide bonds. The van der Waals surface area contributed by atoms with E-state index in [0.717, 1.165) is 0 Å². The van der Waals surface area contributed by atoms with Crippen molar-refractivity contribution in [3.8, 4) is 0 Å². The van der Waals surface area contributed by atoms with Gasteiger partial charge in [0.05, 0.1) is 16.9 Å². The predicted octanol–water partition coefficient (Wildman–Crippen LogP) is 2.81. The van der Waals surface area contributed by atoms with E-state index in [9.17, 15) is 19.4 Å². The van der Waals surface area contributed by atoms with Crippen molar-refractivity contribution in [2.75, 3.05) is 6.54 Å². The Bertz CT molecular complexity index is 649. The fourth-order valence-corrected chi connectivity index (χ4v) is 2.94. The summed E-state index contributed by atoms with van der Waals surface area (Å²) in [7, 11) is 0. The van der Waals surface area contributed by atoms with E-state index in [1.807, 2.05) is 0 Å². The fourth-order valence-electron chi connectivity index (χ4n) is 1.90. The number of hydrogen-bond donors (Lipinski definition) is 3. The average molecular weight is 344 g/mol. The van der Waals surface area contributed by atoms with Gasteiger partial charge in [0.1, 0.15) is 11.9 Å². The molecule has 22 heavy (non-hydrogen) atoms. The molecule has 4 nitrogen and oxygen atoms in total. The van der Waals surface area contributed by atoms with Crippen LogP contribution in [0.15, 0.2) is 36.4 Å². The molecule has 2 aromatic rings. The highest BCUT2D eigenvalue weighted by molar-refractivity contribution is 7.16. The molecular weight excluding hydrogens is 329 g/mol. The number of rotatable bonds is 6. The first-order chi connectivity index (χ1) is 10.5. The smallest absolute Gasteiger partial charge is 0.223 e. The van der Waals surface area contributed by atoms with E-state index in [2.05, 4.69) is 5.32 Å². The van der Waals surface area contributed by atoms with Crippen molar-refractivity contribution in [2.24, 2.45) is 0 Å². The summed E-state index contributed by atoms with van der Waals surface area (Å²) in [5.41, 5.74) is 0.334. The van der Waals surface area contributed by atoms with Crippen molar-refractivity contribution in [3.63, 3.8) is 0 Å². The van der Waals surface area contributed by atoms with Crippen LogP contribution in [0.2, 0.25) is 4.34 Å². The number of amides is 1. The van der Waals surface area contributed by atoms with E-state index >= 15 is 0 Å². The monoisotopic (exact) mass is 343 g/mol. The average Bonchev–Trinajstić information content (AvgIpc) is 2.91. The zero-order valence-electron chi connectivity index (χ0n) is 11.5. The first kappa shape index (κ1) is 16.9. The number of aliphatic hydroxyl groups is 2. The third-order valence-electron chi connectivity index (χ3n) is 3.03. The summed E-state index contributed by atoms with van der Waals surface area (Å²) in [6.45, 7) is 0.0194. The van der Waals surface area contributed by atoms with Gasteiger partial charge in [0, 0.05) is 11.4 Å². The number of carbonyl (C=O) groups is 1. The van der Waals surface area contributed by atoms with Crippen LogP contribution in [0, 0.1) is 5.82 Å². The van der Waals surface area contributed by atoms with Gasteiger partial charge < -0.3 is 15.5 Å². The molecule has 3 N–H and O–H groups in total. The molecule has 2 atom stereocenters. The van der Waals surface area contributed by atoms with Gasteiger partial charge in [-0.3, -0.25) is 4.79 Å². The highest BCUT2D eigenvalue weighted by Crippen LogP contribution is 2.26. The predicted molar refractivity (Wildman–Crippen MR) is 83.3 cm³/mol. The van der Waals surface area contributed by atoms with Crippen LogP contribution in [0.4, 0.5) is 4.39 Å². The Balaban J connectivity index is 1.82. The molecule has 0 spiro atoms. The maximum absolute atomic E-state index is 13.1. The van der Waals surface area contributed by atoms with Crippen molar-refractivity contribution in [1.82, 2.24) is 5.32 Å². The van der Waals surface area contributed by atoms with E-state index < -0.39 is 23.9 Å². The second kappa shape index (κ2) is 7.69. The topological polar surface area (TPSA) is 69.6 Å². The normalized spacial score (nSPS) is 13.6. The molecule has 1 aromatic carbocycles. The Morgan fingerprint density at radius 2 is 2.05 bits per heavy atom. The second-order valence-electron chi connectivity index (χ2n) is 4.74. The van der Waals surface area contributed by atoms with E-state index in [4.69, 9.17) is 11.6 Å². The highest BCUT2D eigenvalue weighted by atomic mass is 35.5. The van der Waals surface area contributed by atoms with Gasteiger partial charge in [-0.15, -0.1) is 11.3 Å². The molecule has 0 fully saturated rings. The fraction of sp³-hybridized carbons (Fsp3) is 0.267. The number of halogens is 2. The minimum absolute atomic E-state index is 0.0194. The van der Waals surface area contributed by atoms with Crippen molar-refractivity contribution in [1.29, 1.82) is 0 Å². The quantitative estimate of drug-likeness (QED) is 0.755. The molecule has 7 heteroatoms. The molecule has 0 radical (unpaired) electrons. The lowest BCUT2D eigenvalue weighted by Gasteiger charge is -2.13. The van der Waals surface area contributed by atoms with Gasteiger partial charge in [0.2, 0.25) is 5.91 Å². The van der Waals surface area contributed by atoms with Crippen LogP contribution in [0.3, 0.4) is 0 Å². The van der Waals surface area contributed by atoms with Crippen LogP contribution in [-0.2, 0) is 4.79 Å². The molecular formula is C15H15ClFNO3S. The number of carbonyl (C=O) groups excluding carboxylic acids is 1. The summed E-state index contributed by atoms with van der Waals surface area (Å²) in [6.07, 6.45) is -2.15. The summed E-state index contributed by atoms with van der Waals surface area (Å²) in [4.78, 5) is 12.4. The Labute approximate surface area is 136 Å². The van der Waals surface area contributed by atoms with Crippen LogP contribution in [0.5, 0.6) is 0 Å². The molecule has 0 aliphatic carbocycles. The molecule has 0 aliphatic heterocycles. The lowest BCUT2D eigenvalue weighted by Crippen LogP contribution is -2.29. The van der Waals surface area contributed by atoms with Crippen LogP contribution >= 0.6 is 22.9 Å². The standard InChI is InChI=1S/C15H15ClFNO3S/c16-14-5-4-13(22-14)12(20)8-18-15(21)7-11(19)9-2-1-3-10(17)6-9/h1-6,11-12,19-20H,7-8H2,(H,18,21). The lowest BCUT2D eigenvalue weighted by molar-refractivity contribution is -0.123. The Kier molecular flexibility index (Phi) is 5.90. The Morgan fingerprint density at radius 3 is 2.68 bits per heavy atom. The summed E-state index contributed by atoms with van der Waals surface area (Å²) in [5, 5.41) is 22.3. The van der Waals surface area contributed by atoms with Gasteiger partial charge in [-0.25, -0.2) is 4.39 Å². The SMILES string of the molecule is O=C(CC(O)c1cccc(F)c1)NCC(O)c1ccc(Cl)s1. The van der Waals surface area contributed by atoms with Gasteiger partial charge in [-0.05, 0) is 29.8 Å². The molecule has 0 saturated carbocycles. The minimum Gasteiger partial charge on any atom is -0.388 e. The van der Waals surface area contributed by atoms with Gasteiger partial charge in [0.25, 0.3) is 0 Å². The summed E-state index contributed by atoms with van der Waals surface area (Å²) >= 11 is 7.01. The number of hydrogen-bond acceptors (Lipinski definition) is 4. The van der Waals surface area contributed by atoms with Crippen molar-refractivity contribution >= 4 is 28.8 Å². The van der Waals surface area contributed by atoms with Gasteiger partial charge in [0.15, 0.2) is 0 Å². The second-order valence-corrected chi connectivity index (χ2v) is 6.48. The summed E-state index contributed by atoms with van der Waals surface area (Å²) in [6, 6.07) is 8.81. The Hall–Kier alpha value is -1.47. The Morgan fingerprint density at radius 1 is 1.27 bits per heavy atom. The van der Waals surface area contributed by atoms with E-state index in [-0.39, 0.29) is 13.0 Å². The third-order valence-corrected chi connectivity index (χ3v) is 4.36. The first-order valence-corrected chi connectivity index (χ1v) is 7.78. The summed E-state index contributed by atoms with van der Waals surface area (Å²) in [5.74, 6) is -0.902. The molecule has 0 bridgehead atoms. The lowest BCUT2D eigenvalue weighted by atomic mass is 10.1. The number of benzene rings is 1. The van der Waals surface area contributed by atoms with E-state index in [0.29, 0.717) is 14.8 Å². The zero-order valence-corrected chi connectivity index (χ0v) is 13.1. The largest absolute Gasteiger partial charge is 0.388 e. The minimum atomic E-state index is -1.09. The summed E-state index contributed by atoms with van der Waals surface area (Å²) < 4.78 is 13.6. The molecule has 1 heterocycles. The number of nitrogens with one attached hydrogen (secondary N) is 1. The van der Waals surface area contributed by atoms with Gasteiger partial charge >= 0.3 is 0 Å². The number of thiophene rings is 1. The van der Waals surface area contributed by atoms with Crippen LogP contribution in [0.1, 0.15) is 29.1 Å². The molecule has 2 rings (SSSR count). The van der Waals surface area contributed by atoms with Gasteiger partial charge in [-0.2, -0.15) is 0 Å². The highest BCUT2D eigenvalue weighted by Gasteiger charge is 2.16. The van der Waals surface area contributed by atoms with Crippen molar-refractivity contribution in [3.05, 3.63) is 57.0 Å². The van der Waals surface area contributed by atoms with Crippen molar-refractivity contribution in [2.45, 2.75) is 18.6 Å². The van der Waals surface area contributed by atoms with Crippen LogP contribution in [-0.4, -0.2) is 22.7 Å². The molecule has 1 aromatic heterocycles. The van der Waals surface area contributed by atoms with E-state index in [1.165, 1.54) is 29.5 Å². The maximum Gasteiger partial charge on any atom is 0.223 e. The van der Waals surface area contributed by atoms with Crippen LogP contribution < -0.4 is 5.32 Å². The third kappa shape index (κ3) is 4.78. The number of aliphatic hydroxyl groups excluding tert-OH is 2. The van der Waals surface area contributed by atoms with Crippen LogP contribution in [0.25, 0.3) is 0 Å². The first-order valence-electron chi connectivity index (χ1n) is 6.59. The molecule has 0 aliphatic rings. The molecule has 0 saturated heterocycles. The molecule has 2 unspecified atom stereocenters. The maximum atomic E-state index is 13.1. The van der Waals surface area contributed by atoms with E-state index in [1.54, 1.807) is 18.2 Å². The molecule has 118 valence electrons.